The molecule has 1 fully saturated rings. The summed E-state index contributed by atoms with van der Waals surface area (Å²) in [4.78, 5) is 12.3. The van der Waals surface area contributed by atoms with Crippen LogP contribution >= 0.6 is 0 Å². The third kappa shape index (κ3) is 4.04. The zero-order chi connectivity index (χ0) is 15.2. The van der Waals surface area contributed by atoms with Gasteiger partial charge in [-0.3, -0.25) is 9.48 Å². The maximum absolute atomic E-state index is 12.3. The van der Waals surface area contributed by atoms with Gasteiger partial charge in [0, 0.05) is 31.5 Å². The van der Waals surface area contributed by atoms with E-state index in [4.69, 9.17) is 9.47 Å². The van der Waals surface area contributed by atoms with E-state index in [0.29, 0.717) is 19.8 Å². The second-order valence-corrected chi connectivity index (χ2v) is 5.53. The summed E-state index contributed by atoms with van der Waals surface area (Å²) >= 11 is 0. The van der Waals surface area contributed by atoms with Crippen LogP contribution in [0.1, 0.15) is 38.4 Å². The third-order valence-electron chi connectivity index (χ3n) is 3.94. The van der Waals surface area contributed by atoms with Crippen molar-refractivity contribution in [1.82, 2.24) is 15.1 Å². The molecule has 0 bridgehead atoms. The van der Waals surface area contributed by atoms with Crippen molar-refractivity contribution in [2.45, 2.75) is 45.4 Å². The SMILES string of the molecule is CC[C@@H](C)NC(=O)[C@H]1CCO[C@@H]1c1cnn(CCOC)c1. The summed E-state index contributed by atoms with van der Waals surface area (Å²) in [5.74, 6) is -0.0458. The van der Waals surface area contributed by atoms with Crippen LogP contribution in [-0.2, 0) is 20.8 Å². The van der Waals surface area contributed by atoms with E-state index in [1.54, 1.807) is 13.3 Å². The number of nitrogens with zero attached hydrogens (tertiary/aromatic N) is 2. The molecule has 0 unspecified atom stereocenters. The fourth-order valence-electron chi connectivity index (χ4n) is 2.47. The summed E-state index contributed by atoms with van der Waals surface area (Å²) in [5.41, 5.74) is 0.966. The summed E-state index contributed by atoms with van der Waals surface area (Å²) in [6.45, 7) is 6.02. The van der Waals surface area contributed by atoms with Crippen LogP contribution in [0.4, 0.5) is 0 Å². The molecule has 1 saturated heterocycles. The molecule has 6 heteroatoms. The van der Waals surface area contributed by atoms with Crippen molar-refractivity contribution < 1.29 is 14.3 Å². The standard InChI is InChI=1S/C15H25N3O3/c1-4-11(2)17-15(19)13-5-7-21-14(13)12-9-16-18(10-12)6-8-20-3/h9-11,13-14H,4-8H2,1-3H3,(H,17,19)/t11-,13+,14-/m1/s1. The molecular formula is C15H25N3O3. The van der Waals surface area contributed by atoms with Gasteiger partial charge in [0.05, 0.1) is 31.4 Å². The fourth-order valence-corrected chi connectivity index (χ4v) is 2.47. The van der Waals surface area contributed by atoms with Gasteiger partial charge in [-0.15, -0.1) is 0 Å². The number of aromatic nitrogens is 2. The molecule has 0 spiro atoms. The van der Waals surface area contributed by atoms with E-state index in [2.05, 4.69) is 17.3 Å². The molecule has 118 valence electrons. The first-order chi connectivity index (χ1) is 10.2. The molecule has 2 rings (SSSR count). The van der Waals surface area contributed by atoms with Gasteiger partial charge in [0.25, 0.3) is 0 Å². The van der Waals surface area contributed by atoms with Crippen molar-refractivity contribution in [3.63, 3.8) is 0 Å². The molecule has 0 aromatic carbocycles. The lowest BCUT2D eigenvalue weighted by molar-refractivity contribution is -0.127. The molecule has 1 amide bonds. The first kappa shape index (κ1) is 16.0. The minimum absolute atomic E-state index is 0.0801. The molecule has 0 saturated carbocycles. The Kier molecular flexibility index (Phi) is 5.76. The van der Waals surface area contributed by atoms with Crippen molar-refractivity contribution in [2.24, 2.45) is 5.92 Å². The van der Waals surface area contributed by atoms with Gasteiger partial charge in [0.2, 0.25) is 5.91 Å². The largest absolute Gasteiger partial charge is 0.383 e. The average molecular weight is 295 g/mol. The molecule has 3 atom stereocenters. The van der Waals surface area contributed by atoms with Gasteiger partial charge in [-0.25, -0.2) is 0 Å². The number of hydrogen-bond donors (Lipinski definition) is 1. The second kappa shape index (κ2) is 7.56. The zero-order valence-corrected chi connectivity index (χ0v) is 13.0. The second-order valence-electron chi connectivity index (χ2n) is 5.53. The highest BCUT2D eigenvalue weighted by molar-refractivity contribution is 5.80. The number of amides is 1. The molecule has 6 nitrogen and oxygen atoms in total. The lowest BCUT2D eigenvalue weighted by atomic mass is 9.96. The van der Waals surface area contributed by atoms with Crippen LogP contribution in [0.3, 0.4) is 0 Å². The van der Waals surface area contributed by atoms with E-state index >= 15 is 0 Å². The summed E-state index contributed by atoms with van der Waals surface area (Å²) in [6.07, 6.45) is 5.23. The first-order valence-corrected chi connectivity index (χ1v) is 7.59. The van der Waals surface area contributed by atoms with E-state index in [-0.39, 0.29) is 24.0 Å². The molecule has 1 aromatic heterocycles. The van der Waals surface area contributed by atoms with Crippen molar-refractivity contribution in [2.75, 3.05) is 20.3 Å². The Morgan fingerprint density at radius 2 is 2.48 bits per heavy atom. The lowest BCUT2D eigenvalue weighted by Gasteiger charge is -2.19. The van der Waals surface area contributed by atoms with Crippen LogP contribution in [0, 0.1) is 5.92 Å². The number of carbonyl (C=O) groups is 1. The van der Waals surface area contributed by atoms with Gasteiger partial charge >= 0.3 is 0 Å². The Bertz CT molecular complexity index is 461. The van der Waals surface area contributed by atoms with Crippen molar-refractivity contribution in [3.8, 4) is 0 Å². The number of hydrogen-bond acceptors (Lipinski definition) is 4. The molecule has 2 heterocycles. The highest BCUT2D eigenvalue weighted by atomic mass is 16.5. The maximum Gasteiger partial charge on any atom is 0.226 e. The van der Waals surface area contributed by atoms with Crippen LogP contribution in [-0.4, -0.2) is 42.1 Å². The molecule has 1 aliphatic heterocycles. The topological polar surface area (TPSA) is 65.4 Å². The molecular weight excluding hydrogens is 270 g/mol. The number of rotatable bonds is 7. The van der Waals surface area contributed by atoms with Crippen LogP contribution in [0.25, 0.3) is 0 Å². The van der Waals surface area contributed by atoms with Gasteiger partial charge in [-0.1, -0.05) is 6.92 Å². The monoisotopic (exact) mass is 295 g/mol. The van der Waals surface area contributed by atoms with E-state index in [0.717, 1.165) is 18.4 Å². The molecule has 1 aromatic rings. The summed E-state index contributed by atoms with van der Waals surface area (Å²) in [6, 6.07) is 0.197. The third-order valence-corrected chi connectivity index (χ3v) is 3.94. The summed E-state index contributed by atoms with van der Waals surface area (Å²) in [7, 11) is 1.67. The van der Waals surface area contributed by atoms with Crippen molar-refractivity contribution >= 4 is 5.91 Å². The van der Waals surface area contributed by atoms with Crippen LogP contribution in [0.2, 0.25) is 0 Å². The predicted molar refractivity (Wildman–Crippen MR) is 78.8 cm³/mol. The lowest BCUT2D eigenvalue weighted by Crippen LogP contribution is -2.37. The van der Waals surface area contributed by atoms with Gasteiger partial charge in [-0.2, -0.15) is 5.10 Å². The van der Waals surface area contributed by atoms with Crippen molar-refractivity contribution in [3.05, 3.63) is 18.0 Å². The molecule has 21 heavy (non-hydrogen) atoms. The maximum atomic E-state index is 12.3. The van der Waals surface area contributed by atoms with Gasteiger partial charge in [0.15, 0.2) is 0 Å². The van der Waals surface area contributed by atoms with Crippen LogP contribution in [0.15, 0.2) is 12.4 Å². The molecule has 0 radical (unpaired) electrons. The Labute approximate surface area is 125 Å². The van der Waals surface area contributed by atoms with E-state index in [9.17, 15) is 4.79 Å². The van der Waals surface area contributed by atoms with E-state index in [1.807, 2.05) is 17.8 Å². The smallest absolute Gasteiger partial charge is 0.226 e. The van der Waals surface area contributed by atoms with E-state index < -0.39 is 0 Å². The van der Waals surface area contributed by atoms with Crippen LogP contribution < -0.4 is 5.32 Å². The Balaban J connectivity index is 2.00. The molecule has 0 aliphatic carbocycles. The Morgan fingerprint density at radius 1 is 1.67 bits per heavy atom. The summed E-state index contributed by atoms with van der Waals surface area (Å²) in [5, 5.41) is 7.34. The number of ether oxygens (including phenoxy) is 2. The van der Waals surface area contributed by atoms with Crippen LogP contribution in [0.5, 0.6) is 0 Å². The van der Waals surface area contributed by atoms with Crippen molar-refractivity contribution in [1.29, 1.82) is 0 Å². The predicted octanol–water partition coefficient (Wildman–Crippen LogP) is 1.52. The quantitative estimate of drug-likeness (QED) is 0.828. The fraction of sp³-hybridized carbons (Fsp3) is 0.733. The number of carbonyl (C=O) groups excluding carboxylic acids is 1. The van der Waals surface area contributed by atoms with Gasteiger partial charge in [0.1, 0.15) is 0 Å². The Hall–Kier alpha value is -1.40. The minimum atomic E-state index is -0.189. The normalized spacial score (nSPS) is 23.2. The van der Waals surface area contributed by atoms with E-state index in [1.165, 1.54) is 0 Å². The molecule has 1 N–H and O–H groups in total. The Morgan fingerprint density at radius 3 is 3.19 bits per heavy atom. The highest BCUT2D eigenvalue weighted by Gasteiger charge is 2.36. The number of methoxy groups -OCH3 is 1. The zero-order valence-electron chi connectivity index (χ0n) is 13.0. The first-order valence-electron chi connectivity index (χ1n) is 7.59. The molecule has 1 aliphatic rings. The average Bonchev–Trinajstić information content (AvgIpc) is 3.13. The number of nitrogens with one attached hydrogen (secondary N) is 1. The summed E-state index contributed by atoms with van der Waals surface area (Å²) < 4.78 is 12.6. The highest BCUT2D eigenvalue weighted by Crippen LogP contribution is 2.34. The minimum Gasteiger partial charge on any atom is -0.383 e. The van der Waals surface area contributed by atoms with Gasteiger partial charge < -0.3 is 14.8 Å². The van der Waals surface area contributed by atoms with Gasteiger partial charge in [-0.05, 0) is 19.8 Å².